The first-order chi connectivity index (χ1) is 43.7. The van der Waals surface area contributed by atoms with Crippen molar-refractivity contribution in [3.63, 3.8) is 0 Å². The largest absolute Gasteiger partial charge is 0.459 e. The van der Waals surface area contributed by atoms with Crippen LogP contribution in [0.3, 0.4) is 0 Å². The van der Waals surface area contributed by atoms with Gasteiger partial charge in [0, 0.05) is 0 Å². The summed E-state index contributed by atoms with van der Waals surface area (Å²) in [6, 6.07) is 53.3. The molecule has 0 bridgehead atoms. The summed E-state index contributed by atoms with van der Waals surface area (Å²) in [6.45, 7) is -2.49. The van der Waals surface area contributed by atoms with E-state index < -0.39 is 154 Å². The zero-order valence-corrected chi connectivity index (χ0v) is 47.5. The number of benzene rings is 7. The zero-order chi connectivity index (χ0) is 63.1. The molecular weight excluding hydrogens is 1170 g/mol. The lowest BCUT2D eigenvalue weighted by molar-refractivity contribution is -0.337. The highest BCUT2D eigenvalue weighted by Crippen LogP contribution is 2.36. The lowest BCUT2D eigenvalue weighted by Crippen LogP contribution is -2.65. The molecule has 3 aliphatic heterocycles. The molecule has 15 atom stereocenters. The third kappa shape index (κ3) is 15.7. The Hall–Kier alpha value is -9.53. The second-order valence-corrected chi connectivity index (χ2v) is 20.7. The molecule has 0 amide bonds. The van der Waals surface area contributed by atoms with Crippen LogP contribution in [0.2, 0.25) is 0 Å². The molecule has 23 nitrogen and oxygen atoms in total. The van der Waals surface area contributed by atoms with E-state index in [0.717, 1.165) is 0 Å². The second kappa shape index (κ2) is 30.1. The van der Waals surface area contributed by atoms with Crippen molar-refractivity contribution in [3.05, 3.63) is 251 Å². The molecule has 10 rings (SSSR count). The van der Waals surface area contributed by atoms with E-state index in [1.807, 2.05) is 0 Å². The molecule has 0 aromatic heterocycles. The zero-order valence-electron chi connectivity index (χ0n) is 47.5. The van der Waals surface area contributed by atoms with E-state index in [9.17, 15) is 54.0 Å². The Morgan fingerprint density at radius 2 is 0.533 bits per heavy atom. The molecule has 3 saturated heterocycles. The van der Waals surface area contributed by atoms with Gasteiger partial charge >= 0.3 is 41.8 Å². The summed E-state index contributed by atoms with van der Waals surface area (Å²) in [5.74, 6) is -7.04. The molecule has 4 N–H and O–H groups in total. The lowest BCUT2D eigenvalue weighted by Gasteiger charge is -2.47. The summed E-state index contributed by atoms with van der Waals surface area (Å²) >= 11 is 0. The van der Waals surface area contributed by atoms with E-state index in [-0.39, 0.29) is 38.9 Å². The minimum atomic E-state index is -2.04. The van der Waals surface area contributed by atoms with Gasteiger partial charge < -0.3 is 77.3 Å². The van der Waals surface area contributed by atoms with Crippen LogP contribution >= 0.6 is 0 Å². The van der Waals surface area contributed by atoms with Crippen molar-refractivity contribution in [2.75, 3.05) is 19.8 Å². The number of rotatable bonds is 21. The van der Waals surface area contributed by atoms with Crippen LogP contribution in [-0.4, -0.2) is 174 Å². The predicted octanol–water partition coefficient (Wildman–Crippen LogP) is 5.48. The third-order valence-electron chi connectivity index (χ3n) is 14.6. The molecule has 3 aliphatic rings. The molecule has 0 saturated carbocycles. The van der Waals surface area contributed by atoms with Gasteiger partial charge in [0.15, 0.2) is 55.5 Å². The van der Waals surface area contributed by atoms with Gasteiger partial charge in [0.1, 0.15) is 43.2 Å². The average Bonchev–Trinajstić information content (AvgIpc) is 0.803. The summed E-state index contributed by atoms with van der Waals surface area (Å²) in [4.78, 5) is 100. The molecule has 7 aromatic rings. The summed E-state index contributed by atoms with van der Waals surface area (Å²) in [5.41, 5.74) is 0.00669. The van der Waals surface area contributed by atoms with Crippen molar-refractivity contribution < 1.29 is 111 Å². The first kappa shape index (κ1) is 63.5. The minimum absolute atomic E-state index is 0.00976. The van der Waals surface area contributed by atoms with Gasteiger partial charge in [-0.25, -0.2) is 33.6 Å². The molecule has 90 heavy (non-hydrogen) atoms. The van der Waals surface area contributed by atoms with Crippen molar-refractivity contribution in [2.24, 2.45) is 0 Å². The molecule has 23 heteroatoms. The molecule has 7 aromatic carbocycles. The maximum atomic E-state index is 14.5. The quantitative estimate of drug-likeness (QED) is 0.0511. The van der Waals surface area contributed by atoms with Gasteiger partial charge in [0.2, 0.25) is 0 Å². The smallest absolute Gasteiger partial charge is 0.338 e. The van der Waals surface area contributed by atoms with Crippen molar-refractivity contribution in [1.82, 2.24) is 0 Å². The van der Waals surface area contributed by atoms with Gasteiger partial charge in [0.25, 0.3) is 0 Å². The number of aliphatic hydroxyl groups excluding tert-OH is 4. The van der Waals surface area contributed by atoms with Crippen molar-refractivity contribution >= 4 is 41.8 Å². The van der Waals surface area contributed by atoms with Crippen molar-refractivity contribution in [2.45, 2.75) is 92.1 Å². The van der Waals surface area contributed by atoms with Crippen LogP contribution in [0.25, 0.3) is 0 Å². The Balaban J connectivity index is 1.09. The number of carbonyl (C=O) groups is 7. The Morgan fingerprint density at radius 1 is 0.278 bits per heavy atom. The van der Waals surface area contributed by atoms with E-state index in [2.05, 4.69) is 0 Å². The summed E-state index contributed by atoms with van der Waals surface area (Å²) in [6.07, 6.45) is -28.5. The van der Waals surface area contributed by atoms with Crippen LogP contribution < -0.4 is 0 Å². The van der Waals surface area contributed by atoms with E-state index in [1.54, 1.807) is 103 Å². The fourth-order valence-corrected chi connectivity index (χ4v) is 9.96. The summed E-state index contributed by atoms with van der Waals surface area (Å²) in [7, 11) is 0. The molecule has 0 radical (unpaired) electrons. The van der Waals surface area contributed by atoms with Crippen LogP contribution in [0.5, 0.6) is 0 Å². The fraction of sp³-hybridized carbons (Fsp3) is 0.269. The third-order valence-corrected chi connectivity index (χ3v) is 14.6. The molecule has 0 unspecified atom stereocenters. The minimum Gasteiger partial charge on any atom is -0.459 e. The number of hydrogen-bond acceptors (Lipinski definition) is 23. The van der Waals surface area contributed by atoms with Crippen LogP contribution in [0.15, 0.2) is 212 Å². The normalized spacial score (nSPS) is 26.3. The maximum absolute atomic E-state index is 14.5. The van der Waals surface area contributed by atoms with Crippen molar-refractivity contribution in [1.29, 1.82) is 0 Å². The predicted molar refractivity (Wildman–Crippen MR) is 309 cm³/mol. The van der Waals surface area contributed by atoms with E-state index in [0.29, 0.717) is 0 Å². The molecular formula is C67H60O23. The standard InChI is InChI=1S/C67H60O23/c68-49-46(82-65(78)51(70)50(49)69)36-80-66-56(89-63(76)44-32-18-6-19-33-44)55(88-62(75)43-30-16-5-17-31-43)53(86-60(73)41-26-12-3-13-27-41)48(84-66)38-81-67-57(90-64(77)45-34-20-7-21-35-45)54(87-61(74)42-28-14-4-15-29-42)52(85-59(72)40-24-10-2-11-25-40)47(83-67)37-79-58(71)39-22-8-1-9-23-39/h1-35,46-57,65-70,78H,36-38H2/t46-,47-,48-,49-,50+,51-,52-,53-,54+,55+,56-,57-,65-,66-,67-/m1/s1. The van der Waals surface area contributed by atoms with E-state index in [4.69, 9.17) is 56.8 Å². The highest BCUT2D eigenvalue weighted by atomic mass is 16.8. The molecule has 0 spiro atoms. The number of aliphatic hydroxyl groups is 4. The number of hydrogen-bond donors (Lipinski definition) is 4. The highest BCUT2D eigenvalue weighted by Gasteiger charge is 2.57. The summed E-state index contributed by atoms with van der Waals surface area (Å²) < 4.78 is 74.7. The fourth-order valence-electron chi connectivity index (χ4n) is 9.96. The van der Waals surface area contributed by atoms with E-state index in [1.165, 1.54) is 109 Å². The topological polar surface area (TPSA) is 311 Å². The highest BCUT2D eigenvalue weighted by molar-refractivity contribution is 5.93. The SMILES string of the molecule is O=C(OC[C@H]1O[C@@H](OC[C@H]2O[C@@H](OC[C@H]3O[C@@H](O)[C@H](O)[C@@H](O)[C@@H]3O)[C@H](OC(=O)c3ccccc3)[C@@H](OC(=O)c3ccccc3)[C@@H]2OC(=O)c2ccccc2)[C@H](OC(=O)c2ccccc2)[C@@H](OC(=O)c2ccccc2)[C@@H]1OC(=O)c1ccccc1)c1ccccc1. The first-order valence-electron chi connectivity index (χ1n) is 28.4. The van der Waals surface area contributed by atoms with Gasteiger partial charge in [0.05, 0.1) is 52.2 Å². The Bertz CT molecular complexity index is 3510. The Labute approximate surface area is 514 Å². The first-order valence-corrected chi connectivity index (χ1v) is 28.4. The molecule has 466 valence electrons. The van der Waals surface area contributed by atoms with Gasteiger partial charge in [-0.3, -0.25) is 0 Å². The molecule has 0 aliphatic carbocycles. The number of ether oxygens (including phenoxy) is 12. The summed E-state index contributed by atoms with van der Waals surface area (Å²) in [5, 5.41) is 42.6. The number of esters is 7. The Morgan fingerprint density at radius 3 is 0.844 bits per heavy atom. The second-order valence-electron chi connectivity index (χ2n) is 20.7. The Kier molecular flexibility index (Phi) is 21.2. The monoisotopic (exact) mass is 1230 g/mol. The lowest BCUT2D eigenvalue weighted by atomic mass is 9.96. The van der Waals surface area contributed by atoms with E-state index >= 15 is 0 Å². The molecule has 3 heterocycles. The molecule has 3 fully saturated rings. The van der Waals surface area contributed by atoms with Crippen LogP contribution in [0.1, 0.15) is 72.5 Å². The maximum Gasteiger partial charge on any atom is 0.338 e. The van der Waals surface area contributed by atoms with Gasteiger partial charge in [-0.2, -0.15) is 0 Å². The van der Waals surface area contributed by atoms with Gasteiger partial charge in [-0.1, -0.05) is 127 Å². The van der Waals surface area contributed by atoms with Gasteiger partial charge in [-0.15, -0.1) is 0 Å². The van der Waals surface area contributed by atoms with Crippen LogP contribution in [0, 0.1) is 0 Å². The van der Waals surface area contributed by atoms with Crippen LogP contribution in [-0.2, 0) is 56.8 Å². The van der Waals surface area contributed by atoms with Crippen LogP contribution in [0.4, 0.5) is 0 Å². The number of carbonyl (C=O) groups excluding carboxylic acids is 7. The van der Waals surface area contributed by atoms with Gasteiger partial charge in [-0.05, 0) is 84.9 Å². The average molecular weight is 1230 g/mol. The van der Waals surface area contributed by atoms with Crippen molar-refractivity contribution in [3.8, 4) is 0 Å².